The maximum Gasteiger partial charge on any atom is 0.211 e. The van der Waals surface area contributed by atoms with Crippen molar-refractivity contribution in [1.29, 1.82) is 0 Å². The molecule has 0 spiro atoms. The molecule has 17 heavy (non-hydrogen) atoms. The van der Waals surface area contributed by atoms with E-state index in [-0.39, 0.29) is 13.2 Å². The monoisotopic (exact) mass is 230 g/mol. The molecule has 3 aromatic rings. The van der Waals surface area contributed by atoms with Gasteiger partial charge in [-0.05, 0) is 6.07 Å². The Morgan fingerprint density at radius 2 is 2.00 bits per heavy atom. The summed E-state index contributed by atoms with van der Waals surface area (Å²) in [5.41, 5.74) is 2.23. The first-order valence-corrected chi connectivity index (χ1v) is 5.36. The molecule has 1 aromatic carbocycles. The van der Waals surface area contributed by atoms with Gasteiger partial charge in [0.2, 0.25) is 5.52 Å². The molecule has 0 atom stereocenters. The highest BCUT2D eigenvalue weighted by molar-refractivity contribution is 6.07. The highest BCUT2D eigenvalue weighted by Gasteiger charge is 2.13. The number of rotatable bonds is 2. The molecule has 0 fully saturated rings. The van der Waals surface area contributed by atoms with Crippen molar-refractivity contribution < 1.29 is 15.2 Å². The predicted octanol–water partition coefficient (Wildman–Crippen LogP) is 0.515. The molecule has 0 unspecified atom stereocenters. The Balaban J connectivity index is 2.54. The molecule has 0 radical (unpaired) electrons. The summed E-state index contributed by atoms with van der Waals surface area (Å²) in [6.45, 7) is -0.242. The van der Waals surface area contributed by atoms with Gasteiger partial charge in [0.1, 0.15) is 0 Å². The number of aliphatic hydroxyl groups excluding tert-OH is 2. The summed E-state index contributed by atoms with van der Waals surface area (Å²) >= 11 is 0. The molecular weight excluding hydrogens is 218 g/mol. The van der Waals surface area contributed by atoms with E-state index in [4.69, 9.17) is 0 Å². The van der Waals surface area contributed by atoms with Crippen molar-refractivity contribution in [1.82, 2.24) is 10.2 Å². The summed E-state index contributed by atoms with van der Waals surface area (Å²) < 4.78 is 0. The SMILES string of the molecule is OCc1n[nH]c(CO)c2c1ccc1[nH+]ccc12. The molecule has 4 N–H and O–H groups in total. The van der Waals surface area contributed by atoms with E-state index in [1.807, 2.05) is 24.4 Å². The zero-order valence-electron chi connectivity index (χ0n) is 9.07. The van der Waals surface area contributed by atoms with Gasteiger partial charge in [0.05, 0.1) is 30.0 Å². The molecule has 0 bridgehead atoms. The average Bonchev–Trinajstić information content (AvgIpc) is 2.85. The number of nitrogens with zero attached hydrogens (tertiary/aromatic N) is 1. The Morgan fingerprint density at radius 1 is 1.12 bits per heavy atom. The van der Waals surface area contributed by atoms with Crippen LogP contribution in [0, 0.1) is 0 Å². The molecule has 86 valence electrons. The third-order valence-electron chi connectivity index (χ3n) is 2.98. The number of aromatic nitrogens is 3. The van der Waals surface area contributed by atoms with Gasteiger partial charge in [-0.25, -0.2) is 4.98 Å². The first kappa shape index (κ1) is 10.2. The van der Waals surface area contributed by atoms with Crippen molar-refractivity contribution >= 4 is 21.7 Å². The van der Waals surface area contributed by atoms with Crippen LogP contribution < -0.4 is 4.98 Å². The normalized spacial score (nSPS) is 11.4. The van der Waals surface area contributed by atoms with E-state index in [1.54, 1.807) is 0 Å². The molecule has 2 heterocycles. The van der Waals surface area contributed by atoms with Gasteiger partial charge in [-0.15, -0.1) is 0 Å². The van der Waals surface area contributed by atoms with Crippen molar-refractivity contribution in [2.45, 2.75) is 13.2 Å². The molecule has 2 aromatic heterocycles. The maximum absolute atomic E-state index is 9.35. The highest BCUT2D eigenvalue weighted by atomic mass is 16.3. The Bertz CT molecular complexity index is 691. The summed E-state index contributed by atoms with van der Waals surface area (Å²) in [5, 5.41) is 28.2. The van der Waals surface area contributed by atoms with E-state index in [0.29, 0.717) is 11.4 Å². The predicted molar refractivity (Wildman–Crippen MR) is 62.0 cm³/mol. The molecule has 0 aliphatic carbocycles. The summed E-state index contributed by atoms with van der Waals surface area (Å²) in [6, 6.07) is 5.80. The summed E-state index contributed by atoms with van der Waals surface area (Å²) in [4.78, 5) is 3.12. The van der Waals surface area contributed by atoms with E-state index < -0.39 is 0 Å². The average molecular weight is 230 g/mol. The lowest BCUT2D eigenvalue weighted by atomic mass is 10.0. The maximum atomic E-state index is 9.35. The second kappa shape index (κ2) is 3.80. The smallest absolute Gasteiger partial charge is 0.211 e. The molecule has 0 aliphatic rings. The number of benzene rings is 1. The molecule has 5 nitrogen and oxygen atoms in total. The van der Waals surface area contributed by atoms with Crippen molar-refractivity contribution in [2.75, 3.05) is 0 Å². The molecule has 5 heteroatoms. The van der Waals surface area contributed by atoms with Crippen molar-refractivity contribution in [3.05, 3.63) is 35.8 Å². The minimum absolute atomic E-state index is 0.112. The standard InChI is InChI=1S/C12H11N3O2/c16-5-10-7-1-2-9-8(3-4-13-9)12(7)11(6-17)15-14-10/h1-4,15-17H,5-6H2/p+1. The number of nitrogens with one attached hydrogen (secondary N) is 2. The van der Waals surface area contributed by atoms with Crippen LogP contribution in [0.4, 0.5) is 0 Å². The number of hydrogen-bond acceptors (Lipinski definition) is 3. The summed E-state index contributed by atoms with van der Waals surface area (Å²) in [6.07, 6.45) is 1.85. The molecule has 0 amide bonds. The van der Waals surface area contributed by atoms with Crippen LogP contribution in [-0.4, -0.2) is 20.4 Å². The molecule has 3 rings (SSSR count). The fraction of sp³-hybridized carbons (Fsp3) is 0.167. The number of hydrogen-bond donors (Lipinski definition) is 3. The first-order valence-electron chi connectivity index (χ1n) is 5.36. The summed E-state index contributed by atoms with van der Waals surface area (Å²) in [7, 11) is 0. The molecule has 0 saturated carbocycles. The fourth-order valence-electron chi connectivity index (χ4n) is 2.18. The van der Waals surface area contributed by atoms with Crippen LogP contribution in [0.25, 0.3) is 21.7 Å². The van der Waals surface area contributed by atoms with Gasteiger partial charge >= 0.3 is 0 Å². The quantitative estimate of drug-likeness (QED) is 0.600. The van der Waals surface area contributed by atoms with Crippen LogP contribution >= 0.6 is 0 Å². The van der Waals surface area contributed by atoms with E-state index in [2.05, 4.69) is 15.2 Å². The second-order valence-electron chi connectivity index (χ2n) is 3.89. The van der Waals surface area contributed by atoms with Gasteiger partial charge < -0.3 is 10.2 Å². The van der Waals surface area contributed by atoms with Crippen LogP contribution in [0.15, 0.2) is 24.4 Å². The lowest BCUT2D eigenvalue weighted by Crippen LogP contribution is -2.02. The zero-order chi connectivity index (χ0) is 11.8. The van der Waals surface area contributed by atoms with Gasteiger partial charge in [-0.3, -0.25) is 5.10 Å². The Kier molecular flexibility index (Phi) is 2.28. The number of H-pyrrole nitrogens is 2. The van der Waals surface area contributed by atoms with Crippen LogP contribution in [0.3, 0.4) is 0 Å². The number of aromatic amines is 2. The minimum Gasteiger partial charge on any atom is -0.390 e. The van der Waals surface area contributed by atoms with E-state index >= 15 is 0 Å². The lowest BCUT2D eigenvalue weighted by molar-refractivity contribution is -0.341. The van der Waals surface area contributed by atoms with Gasteiger partial charge in [0.25, 0.3) is 0 Å². The largest absolute Gasteiger partial charge is 0.390 e. The number of fused-ring (bicyclic) bond motifs is 3. The van der Waals surface area contributed by atoms with Crippen molar-refractivity contribution in [3.8, 4) is 0 Å². The number of aliphatic hydroxyl groups is 2. The minimum atomic E-state index is -0.130. The van der Waals surface area contributed by atoms with Gasteiger partial charge in [0, 0.05) is 22.9 Å². The van der Waals surface area contributed by atoms with E-state index in [0.717, 1.165) is 21.7 Å². The third kappa shape index (κ3) is 1.40. The van der Waals surface area contributed by atoms with Crippen LogP contribution in [0.1, 0.15) is 11.4 Å². The highest BCUT2D eigenvalue weighted by Crippen LogP contribution is 2.27. The Labute approximate surface area is 96.7 Å². The van der Waals surface area contributed by atoms with Crippen molar-refractivity contribution in [2.24, 2.45) is 0 Å². The van der Waals surface area contributed by atoms with Crippen LogP contribution in [0.5, 0.6) is 0 Å². The summed E-state index contributed by atoms with van der Waals surface area (Å²) in [5.74, 6) is 0. The van der Waals surface area contributed by atoms with E-state index in [1.165, 1.54) is 0 Å². The van der Waals surface area contributed by atoms with Crippen LogP contribution in [0.2, 0.25) is 0 Å². The fourth-order valence-corrected chi connectivity index (χ4v) is 2.18. The van der Waals surface area contributed by atoms with Gasteiger partial charge in [-0.1, -0.05) is 0 Å². The molecule has 0 saturated heterocycles. The van der Waals surface area contributed by atoms with Crippen molar-refractivity contribution in [3.63, 3.8) is 0 Å². The Hall–Kier alpha value is -1.98. The van der Waals surface area contributed by atoms with Crippen LogP contribution in [-0.2, 0) is 13.2 Å². The Morgan fingerprint density at radius 3 is 2.76 bits per heavy atom. The third-order valence-corrected chi connectivity index (χ3v) is 2.98. The van der Waals surface area contributed by atoms with Gasteiger partial charge in [0.15, 0.2) is 6.20 Å². The zero-order valence-corrected chi connectivity index (χ0v) is 9.07. The second-order valence-corrected chi connectivity index (χ2v) is 3.89. The lowest BCUT2D eigenvalue weighted by Gasteiger charge is -2.07. The topological polar surface area (TPSA) is 83.3 Å². The van der Waals surface area contributed by atoms with E-state index in [9.17, 15) is 10.2 Å². The molecule has 0 aliphatic heterocycles. The molecular formula is C12H12N3O2+. The first-order chi connectivity index (χ1) is 8.35. The van der Waals surface area contributed by atoms with Gasteiger partial charge in [-0.2, -0.15) is 5.10 Å².